The third-order valence-corrected chi connectivity index (χ3v) is 3.66. The molecule has 1 fully saturated rings. The van der Waals surface area contributed by atoms with Crippen LogP contribution < -0.4 is 16.0 Å². The topological polar surface area (TPSA) is 73.5 Å². The minimum Gasteiger partial charge on any atom is -0.341 e. The average Bonchev–Trinajstić information content (AvgIpc) is 2.44. The highest BCUT2D eigenvalue weighted by atomic mass is 16.2. The Morgan fingerprint density at radius 3 is 2.68 bits per heavy atom. The number of hydrogen-bond donors (Lipinski definition) is 3. The van der Waals surface area contributed by atoms with Crippen molar-refractivity contribution in [1.82, 2.24) is 20.9 Å². The molecule has 0 aromatic heterocycles. The summed E-state index contributed by atoms with van der Waals surface area (Å²) < 4.78 is 0. The fourth-order valence-corrected chi connectivity index (χ4v) is 2.37. The first-order valence-electron chi connectivity index (χ1n) is 7.08. The number of nitrogens with zero attached hydrogens (tertiary/aromatic N) is 1. The van der Waals surface area contributed by atoms with Gasteiger partial charge in [0.1, 0.15) is 0 Å². The number of rotatable bonds is 5. The second-order valence-electron chi connectivity index (χ2n) is 4.98. The summed E-state index contributed by atoms with van der Waals surface area (Å²) in [6.07, 6.45) is 3.63. The fraction of sp³-hybridized carbons (Fsp3) is 0.846. The molecule has 0 saturated carbocycles. The SMILES string of the molecule is CCN(CC1CCCCN1)C(C)C(=O)NC(=O)NC. The van der Waals surface area contributed by atoms with E-state index in [9.17, 15) is 9.59 Å². The Bertz CT molecular complexity index is 303. The van der Waals surface area contributed by atoms with Crippen LogP contribution in [-0.2, 0) is 4.79 Å². The summed E-state index contributed by atoms with van der Waals surface area (Å²) in [5.41, 5.74) is 0. The van der Waals surface area contributed by atoms with Gasteiger partial charge in [-0.25, -0.2) is 4.79 Å². The minimum atomic E-state index is -0.455. The van der Waals surface area contributed by atoms with Gasteiger partial charge >= 0.3 is 6.03 Å². The van der Waals surface area contributed by atoms with Crippen LogP contribution in [0, 0.1) is 0 Å². The van der Waals surface area contributed by atoms with Crippen LogP contribution in [0.2, 0.25) is 0 Å². The van der Waals surface area contributed by atoms with Crippen molar-refractivity contribution in [1.29, 1.82) is 0 Å². The summed E-state index contributed by atoms with van der Waals surface area (Å²) in [5, 5.41) is 8.19. The first-order valence-corrected chi connectivity index (χ1v) is 7.08. The monoisotopic (exact) mass is 270 g/mol. The summed E-state index contributed by atoms with van der Waals surface area (Å²) >= 11 is 0. The Labute approximate surface area is 115 Å². The van der Waals surface area contributed by atoms with Gasteiger partial charge in [-0.15, -0.1) is 0 Å². The van der Waals surface area contributed by atoms with E-state index >= 15 is 0 Å². The van der Waals surface area contributed by atoms with Crippen LogP contribution in [0.25, 0.3) is 0 Å². The van der Waals surface area contributed by atoms with Crippen molar-refractivity contribution in [3.8, 4) is 0 Å². The highest BCUT2D eigenvalue weighted by Crippen LogP contribution is 2.10. The lowest BCUT2D eigenvalue weighted by Crippen LogP contribution is -2.52. The molecule has 1 heterocycles. The molecule has 2 atom stereocenters. The molecule has 3 amide bonds. The van der Waals surface area contributed by atoms with Crippen LogP contribution in [0.3, 0.4) is 0 Å². The molecule has 0 bridgehead atoms. The van der Waals surface area contributed by atoms with Gasteiger partial charge in [-0.2, -0.15) is 0 Å². The Hall–Kier alpha value is -1.14. The Morgan fingerprint density at radius 1 is 1.42 bits per heavy atom. The molecule has 1 rings (SSSR count). The van der Waals surface area contributed by atoms with Crippen LogP contribution >= 0.6 is 0 Å². The lowest BCUT2D eigenvalue weighted by molar-refractivity contribution is -0.124. The highest BCUT2D eigenvalue weighted by molar-refractivity contribution is 5.96. The van der Waals surface area contributed by atoms with E-state index in [0.717, 1.165) is 26.1 Å². The van der Waals surface area contributed by atoms with E-state index in [-0.39, 0.29) is 11.9 Å². The Kier molecular flexibility index (Phi) is 6.80. The van der Waals surface area contributed by atoms with Gasteiger partial charge in [-0.1, -0.05) is 13.3 Å². The van der Waals surface area contributed by atoms with Gasteiger partial charge in [0.05, 0.1) is 6.04 Å². The largest absolute Gasteiger partial charge is 0.341 e. The van der Waals surface area contributed by atoms with Crippen molar-refractivity contribution in [2.75, 3.05) is 26.7 Å². The van der Waals surface area contributed by atoms with Gasteiger partial charge in [-0.05, 0) is 32.9 Å². The normalized spacial score (nSPS) is 20.9. The van der Waals surface area contributed by atoms with Gasteiger partial charge in [0.25, 0.3) is 0 Å². The lowest BCUT2D eigenvalue weighted by atomic mass is 10.0. The molecule has 6 heteroatoms. The number of piperidine rings is 1. The van der Waals surface area contributed by atoms with Crippen LogP contribution in [-0.4, -0.2) is 55.6 Å². The molecule has 110 valence electrons. The molecule has 0 aromatic carbocycles. The summed E-state index contributed by atoms with van der Waals surface area (Å²) in [6.45, 7) is 6.57. The number of nitrogens with one attached hydrogen (secondary N) is 3. The van der Waals surface area contributed by atoms with Crippen molar-refractivity contribution in [2.24, 2.45) is 0 Å². The zero-order chi connectivity index (χ0) is 14.3. The van der Waals surface area contributed by atoms with Gasteiger partial charge in [-0.3, -0.25) is 15.0 Å². The second-order valence-corrected chi connectivity index (χ2v) is 4.98. The number of carbonyl (C=O) groups is 2. The highest BCUT2D eigenvalue weighted by Gasteiger charge is 2.24. The molecule has 1 saturated heterocycles. The number of amides is 3. The predicted molar refractivity (Wildman–Crippen MR) is 74.9 cm³/mol. The van der Waals surface area contributed by atoms with Crippen molar-refractivity contribution < 1.29 is 9.59 Å². The lowest BCUT2D eigenvalue weighted by Gasteiger charge is -2.32. The van der Waals surface area contributed by atoms with E-state index < -0.39 is 6.03 Å². The van der Waals surface area contributed by atoms with E-state index in [1.165, 1.54) is 19.9 Å². The van der Waals surface area contributed by atoms with Crippen molar-refractivity contribution in [2.45, 2.75) is 45.2 Å². The summed E-state index contributed by atoms with van der Waals surface area (Å²) in [7, 11) is 1.50. The maximum Gasteiger partial charge on any atom is 0.321 e. The molecule has 19 heavy (non-hydrogen) atoms. The van der Waals surface area contributed by atoms with Crippen LogP contribution in [0.1, 0.15) is 33.1 Å². The second kappa shape index (κ2) is 8.12. The number of imide groups is 1. The smallest absolute Gasteiger partial charge is 0.321 e. The standard InChI is InChI=1S/C13H26N4O2/c1-4-17(9-11-7-5-6-8-15-11)10(2)12(18)16-13(19)14-3/h10-11,15H,4-9H2,1-3H3,(H2,14,16,18,19). The summed E-state index contributed by atoms with van der Waals surface area (Å²) in [4.78, 5) is 25.2. The zero-order valence-corrected chi connectivity index (χ0v) is 12.2. The van der Waals surface area contributed by atoms with Crippen LogP contribution in [0.4, 0.5) is 4.79 Å². The van der Waals surface area contributed by atoms with Crippen LogP contribution in [0.5, 0.6) is 0 Å². The van der Waals surface area contributed by atoms with Crippen LogP contribution in [0.15, 0.2) is 0 Å². The minimum absolute atomic E-state index is 0.253. The molecule has 1 aliphatic heterocycles. The molecular weight excluding hydrogens is 244 g/mol. The number of urea groups is 1. The maximum atomic E-state index is 11.9. The Morgan fingerprint density at radius 2 is 2.16 bits per heavy atom. The maximum absolute atomic E-state index is 11.9. The summed E-state index contributed by atoms with van der Waals surface area (Å²) in [5.74, 6) is -0.253. The van der Waals surface area contributed by atoms with Crippen molar-refractivity contribution in [3.63, 3.8) is 0 Å². The van der Waals surface area contributed by atoms with Gasteiger partial charge in [0.15, 0.2) is 0 Å². The van der Waals surface area contributed by atoms with Gasteiger partial charge in [0, 0.05) is 19.6 Å². The predicted octanol–water partition coefficient (Wildman–Crippen LogP) is 0.295. The quantitative estimate of drug-likeness (QED) is 0.671. The molecular formula is C13H26N4O2. The van der Waals surface area contributed by atoms with Gasteiger partial charge in [0.2, 0.25) is 5.91 Å². The Balaban J connectivity index is 2.47. The van der Waals surface area contributed by atoms with Gasteiger partial charge < -0.3 is 10.6 Å². The fourth-order valence-electron chi connectivity index (χ4n) is 2.37. The van der Waals surface area contributed by atoms with E-state index in [4.69, 9.17) is 0 Å². The molecule has 0 spiro atoms. The zero-order valence-electron chi connectivity index (χ0n) is 12.2. The molecule has 2 unspecified atom stereocenters. The van der Waals surface area contributed by atoms with Crippen molar-refractivity contribution in [3.05, 3.63) is 0 Å². The van der Waals surface area contributed by atoms with E-state index in [2.05, 4.69) is 20.9 Å². The van der Waals surface area contributed by atoms with E-state index in [1.54, 1.807) is 0 Å². The molecule has 3 N–H and O–H groups in total. The first kappa shape index (κ1) is 15.9. The number of likely N-dealkylation sites (N-methyl/N-ethyl adjacent to an activating group) is 1. The summed E-state index contributed by atoms with van der Waals surface area (Å²) in [6, 6.07) is -0.307. The third kappa shape index (κ3) is 5.16. The molecule has 6 nitrogen and oxygen atoms in total. The number of hydrogen-bond acceptors (Lipinski definition) is 4. The molecule has 0 aliphatic carbocycles. The molecule has 0 radical (unpaired) electrons. The first-order chi connectivity index (χ1) is 9.08. The third-order valence-electron chi connectivity index (χ3n) is 3.66. The van der Waals surface area contributed by atoms with Crippen molar-refractivity contribution >= 4 is 11.9 Å². The average molecular weight is 270 g/mol. The number of carbonyl (C=O) groups excluding carboxylic acids is 2. The molecule has 0 aromatic rings. The van der Waals surface area contributed by atoms with E-state index in [1.807, 2.05) is 13.8 Å². The van der Waals surface area contributed by atoms with E-state index in [0.29, 0.717) is 6.04 Å². The molecule has 1 aliphatic rings.